The largest absolute Gasteiger partial charge is 0.673 e. The van der Waals surface area contributed by atoms with Crippen molar-refractivity contribution < 1.29 is 59.9 Å². The van der Waals surface area contributed by atoms with E-state index in [-0.39, 0.29) is 0 Å². The molecule has 8 aromatic rings. The van der Waals surface area contributed by atoms with Gasteiger partial charge in [0.1, 0.15) is 95.6 Å². The van der Waals surface area contributed by atoms with Crippen LogP contribution < -0.4 is 55.1 Å². The van der Waals surface area contributed by atoms with Crippen LogP contribution in [0.3, 0.4) is 0 Å². The summed E-state index contributed by atoms with van der Waals surface area (Å²) in [6, 6.07) is 46.6. The molecule has 0 aliphatic carbocycles. The molecular weight excluding hydrogens is 868 g/mol. The van der Waals surface area contributed by atoms with Crippen LogP contribution in [0.1, 0.15) is 35.1 Å². The minimum atomic E-state index is -2.38. The molecule has 0 amide bonds. The van der Waals surface area contributed by atoms with Gasteiger partial charge in [0.25, 0.3) is 0 Å². The summed E-state index contributed by atoms with van der Waals surface area (Å²) < 4.78 is 66.7. The van der Waals surface area contributed by atoms with Gasteiger partial charge >= 0.3 is 26.3 Å². The van der Waals surface area contributed by atoms with E-state index in [0.29, 0.717) is 46.0 Å². The summed E-state index contributed by atoms with van der Waals surface area (Å²) in [5.74, 6) is 4.84. The van der Waals surface area contributed by atoms with Crippen molar-refractivity contribution in [2.24, 2.45) is 0 Å². The van der Waals surface area contributed by atoms with Gasteiger partial charge in [0.15, 0.2) is 0 Å². The Balaban J connectivity index is 0.000000137. The van der Waals surface area contributed by atoms with Crippen molar-refractivity contribution in [1.29, 1.82) is 0 Å². The summed E-state index contributed by atoms with van der Waals surface area (Å²) in [6.07, 6.45) is 18.2. The molecule has 1 saturated heterocycles. The SMILES string of the molecule is C1CCOC1.Cc1cc[n+]([B-]23Oc4ccccc4O[B-]2([n+]2ccc(C)cc2)Oc2ccccc2O3)cc1.Cc1cc[n+]([B-]23Oc4ccccc4O[B-]2([n+]2ccc(C)cc2)Oc2ccccc2O3)cc1. The standard InChI is InChI=1S/2C24H22B2N2O4.C4H8O/c2*1-19-11-15-27(16-12-19)25-26(28-17-13-20(2)14-18-28,31-23-9-5-3-7-21(23)29-25)32-24-10-6-4-8-22(24)30-25;1-2-4-5-3-1/h2*3-18H,1-2H3;1-4H2. The molecule has 13 nitrogen and oxygen atoms in total. The van der Waals surface area contributed by atoms with Gasteiger partial charge in [-0.3, -0.25) is 0 Å². The van der Waals surface area contributed by atoms with Crippen LogP contribution in [0.25, 0.3) is 0 Å². The normalized spacial score (nSPS) is 22.8. The third kappa shape index (κ3) is 7.63. The highest BCUT2D eigenvalue weighted by Gasteiger charge is 2.80. The van der Waals surface area contributed by atoms with E-state index >= 15 is 0 Å². The number of hydrogen-bond donors (Lipinski definition) is 0. The molecule has 0 bridgehead atoms. The Hall–Kier alpha value is -7.90. The summed E-state index contributed by atoms with van der Waals surface area (Å²) in [4.78, 5) is 0. The first kappa shape index (κ1) is 43.7. The molecule has 4 aromatic carbocycles. The van der Waals surface area contributed by atoms with Gasteiger partial charge in [-0.1, -0.05) is 48.5 Å². The predicted octanol–water partition coefficient (Wildman–Crippen LogP) is 7.14. The Morgan fingerprint density at radius 3 is 0.594 bits per heavy atom. The second kappa shape index (κ2) is 17.6. The fourth-order valence-electron chi connectivity index (χ4n) is 9.70. The monoisotopic (exact) mass is 920 g/mol. The Bertz CT molecular complexity index is 2610. The maximum atomic E-state index is 6.75. The number of para-hydroxylation sites is 8. The highest BCUT2D eigenvalue weighted by atomic mass is 16.7. The van der Waals surface area contributed by atoms with Crippen molar-refractivity contribution >= 4 is 26.3 Å². The Morgan fingerprint density at radius 2 is 0.449 bits per heavy atom. The third-order valence-electron chi connectivity index (χ3n) is 13.4. The summed E-state index contributed by atoms with van der Waals surface area (Å²) >= 11 is 0. The number of aryl methyl sites for hydroxylation is 4. The highest BCUT2D eigenvalue weighted by Crippen LogP contribution is 2.46. The summed E-state index contributed by atoms with van der Waals surface area (Å²) in [7, 11) is 0. The Kier molecular flexibility index (Phi) is 11.2. The zero-order valence-corrected chi connectivity index (χ0v) is 39.1. The van der Waals surface area contributed by atoms with Crippen molar-refractivity contribution in [1.82, 2.24) is 0 Å². The van der Waals surface area contributed by atoms with Crippen molar-refractivity contribution in [2.75, 3.05) is 13.2 Å². The second-order valence-electron chi connectivity index (χ2n) is 18.3. The van der Waals surface area contributed by atoms with E-state index in [1.54, 1.807) is 0 Å². The summed E-state index contributed by atoms with van der Waals surface area (Å²) in [6.45, 7) is 0.642. The van der Waals surface area contributed by atoms with Crippen LogP contribution in [0.5, 0.6) is 46.0 Å². The predicted molar refractivity (Wildman–Crippen MR) is 261 cm³/mol. The number of rotatable bonds is 4. The van der Waals surface area contributed by atoms with Crippen molar-refractivity contribution in [2.45, 2.75) is 40.5 Å². The molecule has 0 N–H and O–H groups in total. The lowest BCUT2D eigenvalue weighted by Gasteiger charge is -2.54. The van der Waals surface area contributed by atoms with E-state index in [1.807, 2.05) is 241 Å². The first-order valence-electron chi connectivity index (χ1n) is 23.6. The molecule has 0 saturated carbocycles. The average Bonchev–Trinajstić information content (AvgIpc) is 3.98. The highest BCUT2D eigenvalue weighted by molar-refractivity contribution is 7.26. The fraction of sp³-hybridized carbons (Fsp3) is 0.154. The maximum Gasteiger partial charge on any atom is 0.673 e. The lowest BCUT2D eigenvalue weighted by Crippen LogP contribution is -3.00. The van der Waals surface area contributed by atoms with Gasteiger partial charge in [0.2, 0.25) is 0 Å². The van der Waals surface area contributed by atoms with Crippen LogP contribution in [0.2, 0.25) is 0 Å². The van der Waals surface area contributed by atoms with Gasteiger partial charge in [-0.2, -0.15) is 0 Å². The molecule has 17 heteroatoms. The number of aromatic nitrogens is 4. The number of ether oxygens (including phenoxy) is 1. The van der Waals surface area contributed by atoms with Crippen LogP contribution in [0.4, 0.5) is 0 Å². The van der Waals surface area contributed by atoms with Gasteiger partial charge in [-0.15, -0.1) is 0 Å². The first-order chi connectivity index (χ1) is 33.7. The quantitative estimate of drug-likeness (QED) is 0.171. The summed E-state index contributed by atoms with van der Waals surface area (Å²) in [5.41, 5.74) is 4.51. The smallest absolute Gasteiger partial charge is 0.638 e. The molecule has 0 radical (unpaired) electrons. The van der Waals surface area contributed by atoms with Crippen molar-refractivity contribution in [3.8, 4) is 46.0 Å². The average molecular weight is 920 g/mol. The molecule has 1 fully saturated rings. The van der Waals surface area contributed by atoms with Gasteiger partial charge in [0.05, 0.1) is 0 Å². The number of pyridine rings is 4. The number of fused-ring (bicyclic) bond motifs is 6. The minimum Gasteiger partial charge on any atom is -0.638 e. The Morgan fingerprint density at radius 1 is 0.275 bits per heavy atom. The zero-order valence-electron chi connectivity index (χ0n) is 39.1. The molecule has 13 rings (SSSR count). The molecule has 5 aliphatic rings. The van der Waals surface area contributed by atoms with Crippen molar-refractivity contribution in [3.05, 3.63) is 217 Å². The van der Waals surface area contributed by atoms with Crippen LogP contribution in [0.15, 0.2) is 195 Å². The second-order valence-corrected chi connectivity index (χ2v) is 18.3. The van der Waals surface area contributed by atoms with Crippen LogP contribution in [-0.2, 0) is 4.74 Å². The Labute approximate surface area is 401 Å². The molecular formula is C52H52B4N4O9. The molecule has 0 unspecified atom stereocenters. The molecule has 5 aliphatic heterocycles. The first-order valence-corrected chi connectivity index (χ1v) is 23.6. The lowest BCUT2D eigenvalue weighted by molar-refractivity contribution is -0.602. The van der Waals surface area contributed by atoms with E-state index in [4.69, 9.17) is 42.0 Å². The number of nitrogens with zero attached hydrogens (tertiary/aromatic N) is 4. The maximum absolute atomic E-state index is 6.75. The molecule has 0 atom stereocenters. The van der Waals surface area contributed by atoms with E-state index in [9.17, 15) is 0 Å². The number of benzene rings is 4. The molecule has 0 spiro atoms. The van der Waals surface area contributed by atoms with E-state index in [1.165, 1.54) is 12.8 Å². The topological polar surface area (TPSA) is 98.6 Å². The van der Waals surface area contributed by atoms with E-state index in [0.717, 1.165) is 35.5 Å². The fourth-order valence-corrected chi connectivity index (χ4v) is 9.70. The van der Waals surface area contributed by atoms with Gasteiger partial charge < -0.3 is 59.9 Å². The van der Waals surface area contributed by atoms with Gasteiger partial charge in [-0.05, 0) is 160 Å². The third-order valence-corrected chi connectivity index (χ3v) is 13.4. The van der Waals surface area contributed by atoms with E-state index in [2.05, 4.69) is 0 Å². The summed E-state index contributed by atoms with van der Waals surface area (Å²) in [5, 5.41) is 0. The van der Waals surface area contributed by atoms with Crippen LogP contribution >= 0.6 is 0 Å². The van der Waals surface area contributed by atoms with Crippen LogP contribution in [0, 0.1) is 27.7 Å². The molecule has 346 valence electrons. The molecule has 69 heavy (non-hydrogen) atoms. The minimum absolute atomic E-state index is 0.605. The lowest BCUT2D eigenvalue weighted by atomic mass is 9.25. The molecule has 4 aromatic heterocycles. The zero-order chi connectivity index (χ0) is 47.1. The molecule has 9 heterocycles. The van der Waals surface area contributed by atoms with E-state index < -0.39 is 26.3 Å². The van der Waals surface area contributed by atoms with Crippen LogP contribution in [-0.4, -0.2) is 39.5 Å². The van der Waals surface area contributed by atoms with Crippen molar-refractivity contribution in [3.63, 3.8) is 0 Å². The number of hydrogen-bond acceptors (Lipinski definition) is 9. The van der Waals surface area contributed by atoms with Gasteiger partial charge in [-0.25, -0.2) is 0 Å². The van der Waals surface area contributed by atoms with Gasteiger partial charge in [0, 0.05) is 13.2 Å².